The Morgan fingerprint density at radius 2 is 2.05 bits per heavy atom. The van der Waals surface area contributed by atoms with Crippen molar-refractivity contribution in [3.63, 3.8) is 0 Å². The Bertz CT molecular complexity index is 404. The van der Waals surface area contributed by atoms with Crippen LogP contribution in [-0.4, -0.2) is 33.3 Å². The van der Waals surface area contributed by atoms with Gasteiger partial charge in [-0.15, -0.1) is 0 Å². The summed E-state index contributed by atoms with van der Waals surface area (Å²) in [6.45, 7) is 3.60. The number of hydrogen-bond acceptors (Lipinski definition) is 4. The average molecular weight is 265 g/mol. The number of ether oxygens (including phenoxy) is 2. The van der Waals surface area contributed by atoms with E-state index in [1.165, 1.54) is 18.2 Å². The molecule has 0 saturated carbocycles. The van der Waals surface area contributed by atoms with E-state index in [4.69, 9.17) is 4.74 Å². The monoisotopic (exact) mass is 265 g/mol. The van der Waals surface area contributed by atoms with Gasteiger partial charge < -0.3 is 14.8 Å². The van der Waals surface area contributed by atoms with Crippen LogP contribution in [-0.2, 0) is 22.4 Å². The minimum atomic E-state index is -0.182. The minimum Gasteiger partial charge on any atom is -0.496 e. The van der Waals surface area contributed by atoms with Crippen LogP contribution in [0.4, 0.5) is 0 Å². The molecule has 0 unspecified atom stereocenters. The predicted molar refractivity (Wildman–Crippen MR) is 75.6 cm³/mol. The number of nitrogens with one attached hydrogen (secondary N) is 1. The van der Waals surface area contributed by atoms with Crippen LogP contribution in [0.2, 0.25) is 0 Å². The van der Waals surface area contributed by atoms with Crippen molar-refractivity contribution in [2.45, 2.75) is 26.2 Å². The molecule has 4 nitrogen and oxygen atoms in total. The highest BCUT2D eigenvalue weighted by molar-refractivity contribution is 5.69. The van der Waals surface area contributed by atoms with Crippen molar-refractivity contribution in [3.05, 3.63) is 29.3 Å². The van der Waals surface area contributed by atoms with Gasteiger partial charge in [0.25, 0.3) is 0 Å². The fraction of sp³-hybridized carbons (Fsp3) is 0.533. The molecule has 0 heterocycles. The second-order valence-corrected chi connectivity index (χ2v) is 4.33. The van der Waals surface area contributed by atoms with E-state index in [1.807, 2.05) is 6.07 Å². The second kappa shape index (κ2) is 8.53. The third-order valence-corrected chi connectivity index (χ3v) is 3.06. The molecule has 0 bridgehead atoms. The molecule has 4 heteroatoms. The molecule has 106 valence electrons. The predicted octanol–water partition coefficient (Wildman–Crippen LogP) is 1.95. The number of carbonyl (C=O) groups is 1. The Hall–Kier alpha value is -1.55. The lowest BCUT2D eigenvalue weighted by atomic mass is 10.1. The molecule has 1 aromatic rings. The average Bonchev–Trinajstić information content (AvgIpc) is 2.46. The van der Waals surface area contributed by atoms with E-state index >= 15 is 0 Å². The van der Waals surface area contributed by atoms with E-state index in [0.717, 1.165) is 25.1 Å². The SMILES string of the molecule is CCc1ccc(OC)c(CCNCCC(=O)OC)c1. The molecule has 19 heavy (non-hydrogen) atoms. The quantitative estimate of drug-likeness (QED) is 0.576. The molecule has 0 radical (unpaired) electrons. The van der Waals surface area contributed by atoms with Crippen LogP contribution in [0.5, 0.6) is 5.75 Å². The van der Waals surface area contributed by atoms with E-state index in [2.05, 4.69) is 29.1 Å². The smallest absolute Gasteiger partial charge is 0.306 e. The first-order valence-electron chi connectivity index (χ1n) is 6.64. The molecule has 0 amide bonds. The maximum atomic E-state index is 10.9. The fourth-order valence-corrected chi connectivity index (χ4v) is 1.89. The molecule has 0 aliphatic heterocycles. The number of hydrogen-bond donors (Lipinski definition) is 1. The van der Waals surface area contributed by atoms with Crippen LogP contribution in [0.15, 0.2) is 18.2 Å². The zero-order chi connectivity index (χ0) is 14.1. The fourth-order valence-electron chi connectivity index (χ4n) is 1.89. The Kier molecular flexibility index (Phi) is 6.97. The third kappa shape index (κ3) is 5.30. The van der Waals surface area contributed by atoms with Crippen LogP contribution in [0.1, 0.15) is 24.5 Å². The van der Waals surface area contributed by atoms with Gasteiger partial charge in [0, 0.05) is 6.54 Å². The highest BCUT2D eigenvalue weighted by Gasteiger charge is 2.04. The second-order valence-electron chi connectivity index (χ2n) is 4.33. The summed E-state index contributed by atoms with van der Waals surface area (Å²) in [6, 6.07) is 6.29. The van der Waals surface area contributed by atoms with Gasteiger partial charge in [-0.05, 0) is 36.6 Å². The summed E-state index contributed by atoms with van der Waals surface area (Å²) in [6.07, 6.45) is 2.31. The molecule has 0 fully saturated rings. The summed E-state index contributed by atoms with van der Waals surface area (Å²) in [5.74, 6) is 0.741. The Morgan fingerprint density at radius 3 is 2.68 bits per heavy atom. The normalized spacial score (nSPS) is 10.3. The molecule has 0 spiro atoms. The van der Waals surface area contributed by atoms with Gasteiger partial charge >= 0.3 is 5.97 Å². The summed E-state index contributed by atoms with van der Waals surface area (Å²) in [4.78, 5) is 10.9. The first-order valence-corrected chi connectivity index (χ1v) is 6.64. The van der Waals surface area contributed by atoms with E-state index in [1.54, 1.807) is 7.11 Å². The Morgan fingerprint density at radius 1 is 1.26 bits per heavy atom. The third-order valence-electron chi connectivity index (χ3n) is 3.06. The maximum absolute atomic E-state index is 10.9. The first-order chi connectivity index (χ1) is 9.21. The van der Waals surface area contributed by atoms with Gasteiger partial charge in [-0.2, -0.15) is 0 Å². The van der Waals surface area contributed by atoms with Gasteiger partial charge in [-0.3, -0.25) is 4.79 Å². The van der Waals surface area contributed by atoms with Gasteiger partial charge in [0.05, 0.1) is 20.6 Å². The van der Waals surface area contributed by atoms with Crippen molar-refractivity contribution in [3.8, 4) is 5.75 Å². The van der Waals surface area contributed by atoms with Crippen LogP contribution < -0.4 is 10.1 Å². The molecular formula is C15H23NO3. The highest BCUT2D eigenvalue weighted by Crippen LogP contribution is 2.20. The first kappa shape index (κ1) is 15.5. The largest absolute Gasteiger partial charge is 0.496 e. The minimum absolute atomic E-state index is 0.182. The van der Waals surface area contributed by atoms with Gasteiger partial charge in [0.1, 0.15) is 5.75 Å². The summed E-state index contributed by atoms with van der Waals surface area (Å²) < 4.78 is 9.94. The number of rotatable bonds is 8. The van der Waals surface area contributed by atoms with Crippen LogP contribution >= 0.6 is 0 Å². The Labute approximate surface area is 115 Å². The lowest BCUT2D eigenvalue weighted by Gasteiger charge is -2.10. The van der Waals surface area contributed by atoms with Crippen molar-refractivity contribution in [2.75, 3.05) is 27.3 Å². The summed E-state index contributed by atoms with van der Waals surface area (Å²) in [5, 5.41) is 3.23. The van der Waals surface area contributed by atoms with Crippen molar-refractivity contribution in [1.82, 2.24) is 5.32 Å². The molecular weight excluding hydrogens is 242 g/mol. The molecule has 1 N–H and O–H groups in total. The number of esters is 1. The van der Waals surface area contributed by atoms with Crippen LogP contribution in [0.25, 0.3) is 0 Å². The van der Waals surface area contributed by atoms with Gasteiger partial charge in [0.2, 0.25) is 0 Å². The molecule has 0 atom stereocenters. The lowest BCUT2D eigenvalue weighted by molar-refractivity contribution is -0.140. The molecule has 1 aromatic carbocycles. The van der Waals surface area contributed by atoms with E-state index in [-0.39, 0.29) is 5.97 Å². The molecule has 0 aliphatic carbocycles. The van der Waals surface area contributed by atoms with Gasteiger partial charge in [0.15, 0.2) is 0 Å². The standard InChI is InChI=1S/C15H23NO3/c1-4-12-5-6-14(18-2)13(11-12)7-9-16-10-8-15(17)19-3/h5-6,11,16H,4,7-10H2,1-3H3. The van der Waals surface area contributed by atoms with E-state index in [9.17, 15) is 4.79 Å². The number of methoxy groups -OCH3 is 2. The number of carbonyl (C=O) groups excluding carboxylic acids is 1. The highest BCUT2D eigenvalue weighted by atomic mass is 16.5. The van der Waals surface area contributed by atoms with Crippen LogP contribution in [0.3, 0.4) is 0 Å². The van der Waals surface area contributed by atoms with Crippen molar-refractivity contribution < 1.29 is 14.3 Å². The summed E-state index contributed by atoms with van der Waals surface area (Å²) in [5.41, 5.74) is 2.51. The topological polar surface area (TPSA) is 47.6 Å². The van der Waals surface area contributed by atoms with Gasteiger partial charge in [-0.1, -0.05) is 19.1 Å². The van der Waals surface area contributed by atoms with E-state index < -0.39 is 0 Å². The molecule has 1 rings (SSSR count). The van der Waals surface area contributed by atoms with Crippen LogP contribution in [0, 0.1) is 0 Å². The van der Waals surface area contributed by atoms with Crippen molar-refractivity contribution in [2.24, 2.45) is 0 Å². The van der Waals surface area contributed by atoms with Gasteiger partial charge in [-0.25, -0.2) is 0 Å². The van der Waals surface area contributed by atoms with Crippen molar-refractivity contribution >= 4 is 5.97 Å². The number of aryl methyl sites for hydroxylation is 1. The zero-order valence-electron chi connectivity index (χ0n) is 12.0. The molecule has 0 saturated heterocycles. The summed E-state index contributed by atoms with van der Waals surface area (Å²) in [7, 11) is 3.10. The Balaban J connectivity index is 2.41. The van der Waals surface area contributed by atoms with Crippen molar-refractivity contribution in [1.29, 1.82) is 0 Å². The maximum Gasteiger partial charge on any atom is 0.306 e. The van der Waals surface area contributed by atoms with E-state index in [0.29, 0.717) is 13.0 Å². The summed E-state index contributed by atoms with van der Waals surface area (Å²) >= 11 is 0. The molecule has 0 aliphatic rings. The zero-order valence-corrected chi connectivity index (χ0v) is 12.0. The molecule has 0 aromatic heterocycles. The number of benzene rings is 1. The lowest BCUT2D eigenvalue weighted by Crippen LogP contribution is -2.21.